The molecule has 2 N–H and O–H groups in total. The minimum atomic E-state index is 0.0890. The number of hydrogen-bond acceptors (Lipinski definition) is 3. The molecule has 4 aromatic rings. The van der Waals surface area contributed by atoms with Crippen LogP contribution in [0.1, 0.15) is 28.4 Å². The Kier molecular flexibility index (Phi) is 7.29. The lowest BCUT2D eigenvalue weighted by Gasteiger charge is -2.38. The maximum Gasteiger partial charge on any atom is 0.119 e. The zero-order chi connectivity index (χ0) is 24.1. The molecular weight excluding hydrogens is 444 g/mol. The Balaban J connectivity index is 0.000000868. The first-order chi connectivity index (χ1) is 16.5. The van der Waals surface area contributed by atoms with Gasteiger partial charge in [-0.05, 0) is 66.9 Å². The first kappa shape index (κ1) is 23.5. The van der Waals surface area contributed by atoms with Crippen molar-refractivity contribution >= 4 is 28.2 Å². The molecule has 0 saturated carbocycles. The molecule has 1 aliphatic heterocycles. The minimum absolute atomic E-state index is 0.0890. The Morgan fingerprint density at radius 1 is 1.09 bits per heavy atom. The van der Waals surface area contributed by atoms with Crippen LogP contribution >= 0.6 is 11.6 Å². The van der Waals surface area contributed by atoms with Crippen LogP contribution in [-0.2, 0) is 6.42 Å². The summed E-state index contributed by atoms with van der Waals surface area (Å²) in [6, 6.07) is 23.4. The van der Waals surface area contributed by atoms with E-state index in [4.69, 9.17) is 21.4 Å². The number of rotatable bonds is 5. The molecule has 0 saturated heterocycles. The second kappa shape index (κ2) is 10.5. The number of aromatic nitrogens is 1. The van der Waals surface area contributed by atoms with Gasteiger partial charge in [-0.3, -0.25) is 0 Å². The van der Waals surface area contributed by atoms with E-state index in [1.165, 1.54) is 33.5 Å². The van der Waals surface area contributed by atoms with Gasteiger partial charge in [-0.15, -0.1) is 0 Å². The lowest BCUT2D eigenvalue weighted by molar-refractivity contribution is 0.363. The molecule has 0 bridgehead atoms. The smallest absolute Gasteiger partial charge is 0.119 e. The summed E-state index contributed by atoms with van der Waals surface area (Å²) in [5, 5.41) is 9.33. The first-order valence-corrected chi connectivity index (χ1v) is 11.7. The monoisotopic (exact) mass is 472 g/mol. The van der Waals surface area contributed by atoms with Crippen LogP contribution in [0.4, 0.5) is 5.69 Å². The average molecular weight is 473 g/mol. The molecule has 3 aromatic carbocycles. The standard InChI is InChI=1S/C27H25ClN2O.C2H4O/c1-3-16-31-22-11-6-19(7-12-22)27-26-23(24-17-20(28)8-13-25(24)29-26)14-15-30(27)21-9-4-18(2)5-10-21;1-2-3/h3-13,17,27,29H,1,14-16H2,2H3;2-3H,1H2. The van der Waals surface area contributed by atoms with Crippen LogP contribution in [0.3, 0.4) is 0 Å². The van der Waals surface area contributed by atoms with Gasteiger partial charge in [-0.2, -0.15) is 0 Å². The number of aromatic amines is 1. The fraction of sp³-hybridized carbons (Fsp3) is 0.172. The Morgan fingerprint density at radius 3 is 2.47 bits per heavy atom. The Bertz CT molecular complexity index is 1280. The van der Waals surface area contributed by atoms with Crippen LogP contribution in [0.5, 0.6) is 5.75 Å². The minimum Gasteiger partial charge on any atom is -0.516 e. The largest absolute Gasteiger partial charge is 0.516 e. The quantitative estimate of drug-likeness (QED) is 0.233. The van der Waals surface area contributed by atoms with Crippen LogP contribution in [0.25, 0.3) is 10.9 Å². The fourth-order valence-electron chi connectivity index (χ4n) is 4.52. The maximum absolute atomic E-state index is 7.33. The number of benzene rings is 3. The number of halogens is 1. The molecule has 0 aliphatic carbocycles. The van der Waals surface area contributed by atoms with Crippen LogP contribution in [0.15, 0.2) is 92.2 Å². The van der Waals surface area contributed by atoms with Crippen molar-refractivity contribution in [2.75, 3.05) is 18.1 Å². The van der Waals surface area contributed by atoms with Gasteiger partial charge in [0.05, 0.1) is 12.3 Å². The van der Waals surface area contributed by atoms with E-state index >= 15 is 0 Å². The summed E-state index contributed by atoms with van der Waals surface area (Å²) in [7, 11) is 0. The van der Waals surface area contributed by atoms with E-state index in [1.54, 1.807) is 6.08 Å². The van der Waals surface area contributed by atoms with Crippen LogP contribution in [-0.4, -0.2) is 23.2 Å². The highest BCUT2D eigenvalue weighted by atomic mass is 35.5. The summed E-state index contributed by atoms with van der Waals surface area (Å²) in [6.07, 6.45) is 3.48. The van der Waals surface area contributed by atoms with Crippen molar-refractivity contribution < 1.29 is 9.84 Å². The molecule has 0 fully saturated rings. The highest BCUT2D eigenvalue weighted by Crippen LogP contribution is 2.41. The Labute approximate surface area is 205 Å². The number of fused-ring (bicyclic) bond motifs is 3. The van der Waals surface area contributed by atoms with Gasteiger partial charge in [0.25, 0.3) is 0 Å². The Hall–Kier alpha value is -3.63. The third kappa shape index (κ3) is 4.82. The summed E-state index contributed by atoms with van der Waals surface area (Å²) >= 11 is 6.32. The molecule has 174 valence electrons. The molecule has 1 aromatic heterocycles. The number of aliphatic hydroxyl groups excluding tert-OH is 1. The summed E-state index contributed by atoms with van der Waals surface area (Å²) in [4.78, 5) is 6.19. The van der Waals surface area contributed by atoms with Crippen molar-refractivity contribution in [1.29, 1.82) is 0 Å². The highest BCUT2D eigenvalue weighted by Gasteiger charge is 2.32. The third-order valence-electron chi connectivity index (χ3n) is 6.02. The molecule has 5 heteroatoms. The second-order valence-electron chi connectivity index (χ2n) is 8.24. The van der Waals surface area contributed by atoms with Crippen molar-refractivity contribution in [1.82, 2.24) is 4.98 Å². The van der Waals surface area contributed by atoms with Crippen LogP contribution < -0.4 is 9.64 Å². The van der Waals surface area contributed by atoms with Crippen molar-refractivity contribution in [3.8, 4) is 5.75 Å². The summed E-state index contributed by atoms with van der Waals surface area (Å²) in [6.45, 7) is 10.2. The highest BCUT2D eigenvalue weighted by molar-refractivity contribution is 6.31. The molecule has 5 rings (SSSR count). The molecule has 0 amide bonds. The average Bonchev–Trinajstić information content (AvgIpc) is 3.21. The van der Waals surface area contributed by atoms with Crippen molar-refractivity contribution in [2.24, 2.45) is 0 Å². The maximum atomic E-state index is 7.33. The van der Waals surface area contributed by atoms with Gasteiger partial charge < -0.3 is 19.7 Å². The molecular formula is C29H29ClN2O2. The molecule has 0 spiro atoms. The van der Waals surface area contributed by atoms with E-state index in [0.29, 0.717) is 6.61 Å². The topological polar surface area (TPSA) is 48.5 Å². The van der Waals surface area contributed by atoms with E-state index in [1.807, 2.05) is 18.2 Å². The number of anilines is 1. The summed E-state index contributed by atoms with van der Waals surface area (Å²) in [5.41, 5.74) is 7.45. The zero-order valence-electron chi connectivity index (χ0n) is 19.3. The first-order valence-electron chi connectivity index (χ1n) is 11.3. The van der Waals surface area contributed by atoms with Gasteiger partial charge in [0.15, 0.2) is 0 Å². The van der Waals surface area contributed by atoms with E-state index in [9.17, 15) is 0 Å². The number of nitrogens with zero attached hydrogens (tertiary/aromatic N) is 1. The van der Waals surface area contributed by atoms with E-state index in [2.05, 4.69) is 78.5 Å². The second-order valence-corrected chi connectivity index (χ2v) is 8.68. The number of H-pyrrole nitrogens is 1. The Morgan fingerprint density at radius 2 is 1.79 bits per heavy atom. The van der Waals surface area contributed by atoms with Gasteiger partial charge in [0.2, 0.25) is 0 Å². The molecule has 4 nitrogen and oxygen atoms in total. The van der Waals surface area contributed by atoms with Crippen LogP contribution in [0.2, 0.25) is 5.02 Å². The number of hydrogen-bond donors (Lipinski definition) is 2. The number of aliphatic hydroxyl groups is 1. The fourth-order valence-corrected chi connectivity index (χ4v) is 4.70. The summed E-state index contributed by atoms with van der Waals surface area (Å²) < 4.78 is 5.70. The van der Waals surface area contributed by atoms with E-state index in [-0.39, 0.29) is 6.04 Å². The van der Waals surface area contributed by atoms with Crippen LogP contribution in [0, 0.1) is 6.92 Å². The van der Waals surface area contributed by atoms with E-state index < -0.39 is 0 Å². The lowest BCUT2D eigenvalue weighted by atomic mass is 9.91. The number of aryl methyl sites for hydroxylation is 1. The molecule has 1 aliphatic rings. The van der Waals surface area contributed by atoms with Gasteiger partial charge in [0.1, 0.15) is 12.4 Å². The van der Waals surface area contributed by atoms with Gasteiger partial charge in [0, 0.05) is 33.9 Å². The molecule has 0 radical (unpaired) electrons. The SMILES string of the molecule is C=CCOc1ccc(C2c3[nH]c4ccc(Cl)cc4c3CCN2c2ccc(C)cc2)cc1.C=CO. The molecule has 1 atom stereocenters. The molecule has 2 heterocycles. The zero-order valence-corrected chi connectivity index (χ0v) is 20.1. The third-order valence-corrected chi connectivity index (χ3v) is 6.25. The normalized spacial score (nSPS) is 14.6. The molecule has 34 heavy (non-hydrogen) atoms. The van der Waals surface area contributed by atoms with Crippen molar-refractivity contribution in [3.63, 3.8) is 0 Å². The number of nitrogens with one attached hydrogen (secondary N) is 1. The predicted molar refractivity (Wildman–Crippen MR) is 142 cm³/mol. The predicted octanol–water partition coefficient (Wildman–Crippen LogP) is 7.53. The van der Waals surface area contributed by atoms with Crippen molar-refractivity contribution in [3.05, 3.63) is 120 Å². The lowest BCUT2D eigenvalue weighted by Crippen LogP contribution is -2.36. The van der Waals surface area contributed by atoms with Gasteiger partial charge >= 0.3 is 0 Å². The van der Waals surface area contributed by atoms with E-state index in [0.717, 1.165) is 35.5 Å². The molecule has 1 unspecified atom stereocenters. The summed E-state index contributed by atoms with van der Waals surface area (Å²) in [5.74, 6) is 0.852. The van der Waals surface area contributed by atoms with Gasteiger partial charge in [-0.25, -0.2) is 0 Å². The van der Waals surface area contributed by atoms with Gasteiger partial charge in [-0.1, -0.05) is 60.7 Å². The van der Waals surface area contributed by atoms with Crippen molar-refractivity contribution in [2.45, 2.75) is 19.4 Å². The number of ether oxygens (including phenoxy) is 1.